The van der Waals surface area contributed by atoms with Crippen LogP contribution in [0.15, 0.2) is 18.2 Å². The Hall–Kier alpha value is -1.26. The summed E-state index contributed by atoms with van der Waals surface area (Å²) in [6.45, 7) is 4.80. The molecular weight excluding hydrogens is 264 g/mol. The molecule has 1 fully saturated rings. The number of carbonyl (C=O) groups excluding carboxylic acids is 1. The van der Waals surface area contributed by atoms with Gasteiger partial charge in [-0.3, -0.25) is 4.79 Å². The van der Waals surface area contributed by atoms with Crippen molar-refractivity contribution >= 4 is 23.2 Å². The molecule has 0 aliphatic carbocycles. The third-order valence-electron chi connectivity index (χ3n) is 3.19. The molecule has 1 saturated heterocycles. The molecule has 1 atom stereocenters. The summed E-state index contributed by atoms with van der Waals surface area (Å²) in [5, 5.41) is 3.83. The Kier molecular flexibility index (Phi) is 4.32. The van der Waals surface area contributed by atoms with Crippen LogP contribution in [0, 0.1) is 0 Å². The van der Waals surface area contributed by atoms with Crippen LogP contribution >= 0.6 is 11.6 Å². The average molecular weight is 283 g/mol. The van der Waals surface area contributed by atoms with Crippen molar-refractivity contribution < 1.29 is 9.53 Å². The summed E-state index contributed by atoms with van der Waals surface area (Å²) in [7, 11) is 1.57. The molecule has 1 aliphatic heterocycles. The van der Waals surface area contributed by atoms with Gasteiger partial charge in [0.1, 0.15) is 5.75 Å². The minimum Gasteiger partial charge on any atom is -0.495 e. The van der Waals surface area contributed by atoms with Crippen LogP contribution in [-0.2, 0) is 4.79 Å². The molecule has 0 bridgehead atoms. The van der Waals surface area contributed by atoms with E-state index in [1.165, 1.54) is 0 Å². The maximum absolute atomic E-state index is 12.3. The fraction of sp³-hybridized carbons (Fsp3) is 0.500. The Labute approximate surface area is 118 Å². The number of methoxy groups -OCH3 is 1. The van der Waals surface area contributed by atoms with Gasteiger partial charge in [-0.2, -0.15) is 0 Å². The number of rotatable bonds is 4. The number of ether oxygens (including phenoxy) is 1. The molecule has 104 valence electrons. The number of hydrogen-bond acceptors (Lipinski definition) is 3. The van der Waals surface area contributed by atoms with Gasteiger partial charge >= 0.3 is 0 Å². The highest BCUT2D eigenvalue weighted by Crippen LogP contribution is 2.31. The van der Waals surface area contributed by atoms with E-state index in [4.69, 9.17) is 16.3 Å². The van der Waals surface area contributed by atoms with E-state index in [2.05, 4.69) is 5.32 Å². The molecule has 1 unspecified atom stereocenters. The number of benzene rings is 1. The first-order chi connectivity index (χ1) is 9.02. The molecule has 1 heterocycles. The third kappa shape index (κ3) is 3.01. The quantitative estimate of drug-likeness (QED) is 0.922. The maximum Gasteiger partial charge on any atom is 0.244 e. The second kappa shape index (κ2) is 5.80. The van der Waals surface area contributed by atoms with Gasteiger partial charge in [0.05, 0.1) is 18.2 Å². The second-order valence-electron chi connectivity index (χ2n) is 4.97. The zero-order valence-corrected chi connectivity index (χ0v) is 12.2. The Morgan fingerprint density at radius 2 is 2.21 bits per heavy atom. The first kappa shape index (κ1) is 14.2. The SMILES string of the molecule is COc1cc(N2CCC(NC(C)C)C2=O)ccc1Cl. The normalized spacial score (nSPS) is 19.3. The zero-order valence-electron chi connectivity index (χ0n) is 11.4. The van der Waals surface area contributed by atoms with Gasteiger partial charge in [-0.25, -0.2) is 0 Å². The van der Waals surface area contributed by atoms with Crippen LogP contribution in [0.2, 0.25) is 5.02 Å². The van der Waals surface area contributed by atoms with Gasteiger partial charge in [-0.05, 0) is 18.6 Å². The molecular formula is C14H19ClN2O2. The average Bonchev–Trinajstić information content (AvgIpc) is 2.71. The van der Waals surface area contributed by atoms with E-state index >= 15 is 0 Å². The fourth-order valence-electron chi connectivity index (χ4n) is 2.31. The van der Waals surface area contributed by atoms with Crippen molar-refractivity contribution in [2.45, 2.75) is 32.4 Å². The van der Waals surface area contributed by atoms with Crippen LogP contribution in [-0.4, -0.2) is 31.6 Å². The Morgan fingerprint density at radius 1 is 1.47 bits per heavy atom. The lowest BCUT2D eigenvalue weighted by Crippen LogP contribution is -2.41. The molecule has 1 N–H and O–H groups in total. The van der Waals surface area contributed by atoms with Gasteiger partial charge in [0.25, 0.3) is 0 Å². The van der Waals surface area contributed by atoms with Gasteiger partial charge in [0, 0.05) is 24.3 Å². The fourth-order valence-corrected chi connectivity index (χ4v) is 2.50. The minimum absolute atomic E-state index is 0.0957. The number of hydrogen-bond donors (Lipinski definition) is 1. The van der Waals surface area contributed by atoms with Crippen molar-refractivity contribution in [3.63, 3.8) is 0 Å². The number of nitrogens with zero attached hydrogens (tertiary/aromatic N) is 1. The van der Waals surface area contributed by atoms with Crippen molar-refractivity contribution in [3.05, 3.63) is 23.2 Å². The minimum atomic E-state index is -0.0957. The van der Waals surface area contributed by atoms with E-state index in [1.807, 2.05) is 19.9 Å². The van der Waals surface area contributed by atoms with E-state index in [1.54, 1.807) is 24.1 Å². The number of carbonyl (C=O) groups is 1. The van der Waals surface area contributed by atoms with E-state index in [0.29, 0.717) is 23.4 Å². The highest BCUT2D eigenvalue weighted by molar-refractivity contribution is 6.32. The molecule has 1 aromatic carbocycles. The summed E-state index contributed by atoms with van der Waals surface area (Å²) in [4.78, 5) is 14.1. The second-order valence-corrected chi connectivity index (χ2v) is 5.38. The molecule has 19 heavy (non-hydrogen) atoms. The highest BCUT2D eigenvalue weighted by Gasteiger charge is 2.32. The van der Waals surface area contributed by atoms with Crippen LogP contribution < -0.4 is 15.0 Å². The summed E-state index contributed by atoms with van der Waals surface area (Å²) in [6.07, 6.45) is 0.821. The first-order valence-electron chi connectivity index (χ1n) is 6.44. The van der Waals surface area contributed by atoms with Crippen molar-refractivity contribution in [3.8, 4) is 5.75 Å². The molecule has 4 nitrogen and oxygen atoms in total. The third-order valence-corrected chi connectivity index (χ3v) is 3.50. The predicted molar refractivity (Wildman–Crippen MR) is 77.0 cm³/mol. The monoisotopic (exact) mass is 282 g/mol. The van der Waals surface area contributed by atoms with E-state index in [9.17, 15) is 4.79 Å². The smallest absolute Gasteiger partial charge is 0.244 e. The Balaban J connectivity index is 2.17. The molecule has 1 aliphatic rings. The lowest BCUT2D eigenvalue weighted by molar-refractivity contribution is -0.118. The van der Waals surface area contributed by atoms with Crippen molar-refractivity contribution in [1.29, 1.82) is 0 Å². The molecule has 2 rings (SSSR count). The van der Waals surface area contributed by atoms with E-state index in [-0.39, 0.29) is 11.9 Å². The predicted octanol–water partition coefficient (Wildman–Crippen LogP) is 2.45. The van der Waals surface area contributed by atoms with Crippen molar-refractivity contribution in [2.75, 3.05) is 18.6 Å². The van der Waals surface area contributed by atoms with Crippen LogP contribution in [0.3, 0.4) is 0 Å². The summed E-state index contributed by atoms with van der Waals surface area (Å²) >= 11 is 6.00. The summed E-state index contributed by atoms with van der Waals surface area (Å²) in [5.74, 6) is 0.699. The van der Waals surface area contributed by atoms with Gasteiger partial charge in [0.2, 0.25) is 5.91 Å². The molecule has 0 spiro atoms. The van der Waals surface area contributed by atoms with Crippen LogP contribution in [0.25, 0.3) is 0 Å². The topological polar surface area (TPSA) is 41.6 Å². The number of nitrogens with one attached hydrogen (secondary N) is 1. The molecule has 5 heteroatoms. The first-order valence-corrected chi connectivity index (χ1v) is 6.81. The molecule has 1 aromatic rings. The zero-order chi connectivity index (χ0) is 14.0. The largest absolute Gasteiger partial charge is 0.495 e. The van der Waals surface area contributed by atoms with Gasteiger partial charge in [0.15, 0.2) is 0 Å². The number of anilines is 1. The standard InChI is InChI=1S/C14H19ClN2O2/c1-9(2)16-12-6-7-17(14(12)18)10-4-5-11(15)13(8-10)19-3/h4-5,8-9,12,16H,6-7H2,1-3H3. The van der Waals surface area contributed by atoms with Crippen LogP contribution in [0.5, 0.6) is 5.75 Å². The highest BCUT2D eigenvalue weighted by atomic mass is 35.5. The van der Waals surface area contributed by atoms with Crippen LogP contribution in [0.1, 0.15) is 20.3 Å². The van der Waals surface area contributed by atoms with E-state index < -0.39 is 0 Å². The molecule has 1 amide bonds. The van der Waals surface area contributed by atoms with Gasteiger partial charge < -0.3 is 15.0 Å². The van der Waals surface area contributed by atoms with Gasteiger partial charge in [-0.15, -0.1) is 0 Å². The lowest BCUT2D eigenvalue weighted by atomic mass is 10.2. The Bertz CT molecular complexity index is 477. The van der Waals surface area contributed by atoms with Crippen molar-refractivity contribution in [1.82, 2.24) is 5.32 Å². The number of halogens is 1. The van der Waals surface area contributed by atoms with Crippen molar-refractivity contribution in [2.24, 2.45) is 0 Å². The molecule has 0 saturated carbocycles. The Morgan fingerprint density at radius 3 is 2.84 bits per heavy atom. The lowest BCUT2D eigenvalue weighted by Gasteiger charge is -2.19. The van der Waals surface area contributed by atoms with Crippen LogP contribution in [0.4, 0.5) is 5.69 Å². The summed E-state index contributed by atoms with van der Waals surface area (Å²) < 4.78 is 5.19. The summed E-state index contributed by atoms with van der Waals surface area (Å²) in [5.41, 5.74) is 0.833. The van der Waals surface area contributed by atoms with Gasteiger partial charge in [-0.1, -0.05) is 25.4 Å². The molecule has 0 aromatic heterocycles. The maximum atomic E-state index is 12.3. The van der Waals surface area contributed by atoms with E-state index in [0.717, 1.165) is 12.1 Å². The molecule has 0 radical (unpaired) electrons. The summed E-state index contributed by atoms with van der Waals surface area (Å²) in [6, 6.07) is 5.61. The number of amides is 1.